The summed E-state index contributed by atoms with van der Waals surface area (Å²) in [7, 11) is 0. The van der Waals surface area contributed by atoms with Crippen molar-refractivity contribution in [3.8, 4) is 21.0 Å². The van der Waals surface area contributed by atoms with E-state index in [0.29, 0.717) is 0 Å². The van der Waals surface area contributed by atoms with Crippen LogP contribution in [0.3, 0.4) is 0 Å². The van der Waals surface area contributed by atoms with Crippen LogP contribution in [0.25, 0.3) is 21.0 Å². The molecule has 4 nitrogen and oxygen atoms in total. The van der Waals surface area contributed by atoms with Gasteiger partial charge in [0.05, 0.1) is 10.6 Å². The van der Waals surface area contributed by atoms with Gasteiger partial charge < -0.3 is 0 Å². The zero-order valence-corrected chi connectivity index (χ0v) is 10.0. The Labute approximate surface area is 102 Å². The van der Waals surface area contributed by atoms with E-state index in [9.17, 15) is 0 Å². The van der Waals surface area contributed by atoms with Crippen LogP contribution in [-0.2, 0) is 0 Å². The van der Waals surface area contributed by atoms with E-state index in [4.69, 9.17) is 0 Å². The van der Waals surface area contributed by atoms with E-state index in [0.717, 1.165) is 21.8 Å². The van der Waals surface area contributed by atoms with Crippen LogP contribution in [-0.4, -0.2) is 20.4 Å². The second-order valence-corrected chi connectivity index (χ2v) is 4.75. The molecule has 0 saturated carbocycles. The fourth-order valence-corrected chi connectivity index (χ4v) is 2.68. The third-order valence-corrected chi connectivity index (χ3v) is 3.65. The van der Waals surface area contributed by atoms with Gasteiger partial charge in [-0.2, -0.15) is 15.4 Å². The van der Waals surface area contributed by atoms with Crippen molar-refractivity contribution in [2.24, 2.45) is 0 Å². The van der Waals surface area contributed by atoms with Gasteiger partial charge in [-0.3, -0.25) is 4.98 Å². The van der Waals surface area contributed by atoms with Crippen molar-refractivity contribution in [2.75, 3.05) is 0 Å². The van der Waals surface area contributed by atoms with Gasteiger partial charge in [-0.25, -0.2) is 0 Å². The Bertz CT molecular complexity index is 627. The average molecular weight is 242 g/mol. The number of nitrogens with one attached hydrogen (secondary N) is 1. The van der Waals surface area contributed by atoms with Crippen LogP contribution < -0.4 is 0 Å². The van der Waals surface area contributed by atoms with Gasteiger partial charge in [0.2, 0.25) is 0 Å². The van der Waals surface area contributed by atoms with E-state index in [2.05, 4.69) is 38.6 Å². The fourth-order valence-electron chi connectivity index (χ4n) is 1.65. The van der Waals surface area contributed by atoms with Crippen molar-refractivity contribution in [3.05, 3.63) is 42.4 Å². The van der Waals surface area contributed by atoms with Crippen molar-refractivity contribution in [1.29, 1.82) is 0 Å². The monoisotopic (exact) mass is 242 g/mol. The highest BCUT2D eigenvalue weighted by Crippen LogP contribution is 2.33. The summed E-state index contributed by atoms with van der Waals surface area (Å²) in [6.07, 6.45) is 3.64. The molecule has 3 rings (SSSR count). The summed E-state index contributed by atoms with van der Waals surface area (Å²) in [5, 5.41) is 10.8. The van der Waals surface area contributed by atoms with Gasteiger partial charge in [-0.05, 0) is 25.1 Å². The molecular weight excluding hydrogens is 232 g/mol. The number of H-pyrrole nitrogens is 1. The molecule has 0 aliphatic carbocycles. The van der Waals surface area contributed by atoms with Crippen molar-refractivity contribution >= 4 is 11.3 Å². The SMILES string of the molecule is Cc1n[nH]nc1-c1ccc(-c2cccnc2)s1. The van der Waals surface area contributed by atoms with Gasteiger partial charge in [-0.15, -0.1) is 11.3 Å². The molecular formula is C12H10N4S. The van der Waals surface area contributed by atoms with Crippen molar-refractivity contribution in [2.45, 2.75) is 6.92 Å². The predicted molar refractivity (Wildman–Crippen MR) is 67.7 cm³/mol. The molecule has 0 bridgehead atoms. The molecule has 3 aromatic rings. The van der Waals surface area contributed by atoms with E-state index in [1.807, 2.05) is 19.2 Å². The van der Waals surface area contributed by atoms with E-state index in [1.54, 1.807) is 17.5 Å². The molecule has 0 saturated heterocycles. The third kappa shape index (κ3) is 1.85. The maximum atomic E-state index is 4.15. The molecule has 17 heavy (non-hydrogen) atoms. The summed E-state index contributed by atoms with van der Waals surface area (Å²) in [5.41, 5.74) is 2.97. The molecule has 1 N–H and O–H groups in total. The molecule has 0 radical (unpaired) electrons. The van der Waals surface area contributed by atoms with Gasteiger partial charge in [-0.1, -0.05) is 6.07 Å². The first-order chi connectivity index (χ1) is 8.34. The molecule has 0 fully saturated rings. The summed E-state index contributed by atoms with van der Waals surface area (Å²) in [6.45, 7) is 1.95. The number of hydrogen-bond acceptors (Lipinski definition) is 4. The molecule has 0 aromatic carbocycles. The second kappa shape index (κ2) is 4.10. The Balaban J connectivity index is 2.02. The number of rotatable bonds is 2. The third-order valence-electron chi connectivity index (χ3n) is 2.51. The van der Waals surface area contributed by atoms with E-state index >= 15 is 0 Å². The lowest BCUT2D eigenvalue weighted by Gasteiger charge is -1.94. The molecule has 5 heteroatoms. The van der Waals surface area contributed by atoms with Crippen molar-refractivity contribution in [3.63, 3.8) is 0 Å². The Hall–Kier alpha value is -2.01. The van der Waals surface area contributed by atoms with Crippen molar-refractivity contribution < 1.29 is 0 Å². The summed E-state index contributed by atoms with van der Waals surface area (Å²) in [5.74, 6) is 0. The van der Waals surface area contributed by atoms with Crippen LogP contribution in [0, 0.1) is 6.92 Å². The first-order valence-electron chi connectivity index (χ1n) is 5.22. The summed E-state index contributed by atoms with van der Waals surface area (Å²) in [6, 6.07) is 8.15. The topological polar surface area (TPSA) is 54.5 Å². The highest BCUT2D eigenvalue weighted by molar-refractivity contribution is 7.18. The summed E-state index contributed by atoms with van der Waals surface area (Å²) < 4.78 is 0. The Morgan fingerprint density at radius 2 is 2.00 bits per heavy atom. The Morgan fingerprint density at radius 3 is 2.71 bits per heavy atom. The number of aromatic nitrogens is 4. The molecule has 84 valence electrons. The number of aryl methyl sites for hydroxylation is 1. The molecule has 0 atom stereocenters. The lowest BCUT2D eigenvalue weighted by atomic mass is 10.2. The quantitative estimate of drug-likeness (QED) is 0.751. The maximum absolute atomic E-state index is 4.15. The lowest BCUT2D eigenvalue weighted by Crippen LogP contribution is -1.75. The van der Waals surface area contributed by atoms with Gasteiger partial charge in [0.25, 0.3) is 0 Å². The zero-order chi connectivity index (χ0) is 11.7. The molecule has 0 aliphatic heterocycles. The predicted octanol–water partition coefficient (Wildman–Crippen LogP) is 2.90. The first-order valence-corrected chi connectivity index (χ1v) is 6.04. The molecule has 3 aromatic heterocycles. The largest absolute Gasteiger partial charge is 0.264 e. The first kappa shape index (κ1) is 10.2. The number of pyridine rings is 1. The zero-order valence-electron chi connectivity index (χ0n) is 9.21. The smallest absolute Gasteiger partial charge is 0.125 e. The lowest BCUT2D eigenvalue weighted by molar-refractivity contribution is 0.930. The van der Waals surface area contributed by atoms with Crippen molar-refractivity contribution in [1.82, 2.24) is 20.4 Å². The number of thiophene rings is 1. The molecule has 0 spiro atoms. The summed E-state index contributed by atoms with van der Waals surface area (Å²) in [4.78, 5) is 6.43. The van der Waals surface area contributed by atoms with Gasteiger partial charge in [0.15, 0.2) is 0 Å². The van der Waals surface area contributed by atoms with Crippen LogP contribution >= 0.6 is 11.3 Å². The number of aromatic amines is 1. The van der Waals surface area contributed by atoms with Crippen LogP contribution in [0.4, 0.5) is 0 Å². The highest BCUT2D eigenvalue weighted by Gasteiger charge is 2.10. The summed E-state index contributed by atoms with van der Waals surface area (Å²) >= 11 is 1.70. The Morgan fingerprint density at radius 1 is 1.12 bits per heavy atom. The van der Waals surface area contributed by atoms with Gasteiger partial charge >= 0.3 is 0 Å². The van der Waals surface area contributed by atoms with Crippen LogP contribution in [0.1, 0.15) is 5.69 Å². The minimum Gasteiger partial charge on any atom is -0.264 e. The van der Waals surface area contributed by atoms with E-state index < -0.39 is 0 Å². The minimum absolute atomic E-state index is 0.921. The van der Waals surface area contributed by atoms with Crippen LogP contribution in [0.15, 0.2) is 36.7 Å². The normalized spacial score (nSPS) is 10.6. The van der Waals surface area contributed by atoms with Crippen LogP contribution in [0.2, 0.25) is 0 Å². The number of hydrogen-bond donors (Lipinski definition) is 1. The van der Waals surface area contributed by atoms with E-state index in [-0.39, 0.29) is 0 Å². The molecule has 0 aliphatic rings. The van der Waals surface area contributed by atoms with E-state index in [1.165, 1.54) is 4.88 Å². The second-order valence-electron chi connectivity index (χ2n) is 3.66. The Kier molecular flexibility index (Phi) is 2.45. The van der Waals surface area contributed by atoms with Gasteiger partial charge in [0, 0.05) is 22.8 Å². The average Bonchev–Trinajstić information content (AvgIpc) is 2.98. The molecule has 3 heterocycles. The maximum Gasteiger partial charge on any atom is 0.125 e. The van der Waals surface area contributed by atoms with Crippen LogP contribution in [0.5, 0.6) is 0 Å². The number of nitrogens with zero attached hydrogens (tertiary/aromatic N) is 3. The van der Waals surface area contributed by atoms with Gasteiger partial charge in [0.1, 0.15) is 5.69 Å². The minimum atomic E-state index is 0.921. The fraction of sp³-hybridized carbons (Fsp3) is 0.0833. The highest BCUT2D eigenvalue weighted by atomic mass is 32.1. The molecule has 0 amide bonds. The molecule has 0 unspecified atom stereocenters. The standard InChI is InChI=1S/C12H10N4S/c1-8-12(15-16-14-8)11-5-4-10(17-11)9-3-2-6-13-7-9/h2-7H,1H3,(H,14,15,16).